The fourth-order valence-electron chi connectivity index (χ4n) is 3.14. The van der Waals surface area contributed by atoms with E-state index in [-0.39, 0.29) is 18.3 Å². The van der Waals surface area contributed by atoms with Gasteiger partial charge in [0, 0.05) is 37.8 Å². The Morgan fingerprint density at radius 2 is 2.08 bits per heavy atom. The molecule has 2 aromatic rings. The summed E-state index contributed by atoms with van der Waals surface area (Å²) in [5.41, 5.74) is 0.508. The van der Waals surface area contributed by atoms with Crippen LogP contribution in [0.2, 0.25) is 0 Å². The van der Waals surface area contributed by atoms with Crippen LogP contribution in [-0.2, 0) is 11.3 Å². The number of hydrogen-bond donors (Lipinski definition) is 1. The SMILES string of the molecule is COc1nccc(N2CCC(CC(=O)NCc3ccccc3F)CC2)n1. The normalized spacial score (nSPS) is 14.9. The van der Waals surface area contributed by atoms with Crippen LogP contribution in [0.1, 0.15) is 24.8 Å². The number of carbonyl (C=O) groups excluding carboxylic acids is 1. The van der Waals surface area contributed by atoms with Gasteiger partial charge in [-0.15, -0.1) is 0 Å². The van der Waals surface area contributed by atoms with Crippen LogP contribution in [0.3, 0.4) is 0 Å². The van der Waals surface area contributed by atoms with Crippen molar-refractivity contribution in [2.75, 3.05) is 25.1 Å². The minimum Gasteiger partial charge on any atom is -0.467 e. The van der Waals surface area contributed by atoms with E-state index in [0.717, 1.165) is 31.7 Å². The van der Waals surface area contributed by atoms with Gasteiger partial charge in [-0.3, -0.25) is 4.79 Å². The minimum absolute atomic E-state index is 0.0320. The maximum absolute atomic E-state index is 13.6. The number of hydrogen-bond acceptors (Lipinski definition) is 5. The maximum atomic E-state index is 13.6. The van der Waals surface area contributed by atoms with Crippen molar-refractivity contribution in [3.05, 3.63) is 47.9 Å². The molecule has 1 aromatic carbocycles. The molecule has 1 fully saturated rings. The van der Waals surface area contributed by atoms with Crippen molar-refractivity contribution in [1.82, 2.24) is 15.3 Å². The molecule has 0 spiro atoms. The molecule has 0 radical (unpaired) electrons. The molecule has 1 aliphatic heterocycles. The first-order valence-electron chi connectivity index (χ1n) is 8.78. The zero-order valence-electron chi connectivity index (χ0n) is 14.8. The monoisotopic (exact) mass is 358 g/mol. The van der Waals surface area contributed by atoms with Crippen molar-refractivity contribution in [1.29, 1.82) is 0 Å². The van der Waals surface area contributed by atoms with Gasteiger partial charge < -0.3 is 15.0 Å². The standard InChI is InChI=1S/C19H23FN4O2/c1-26-19-21-9-6-17(23-19)24-10-7-14(8-11-24)12-18(25)22-13-15-4-2-3-5-16(15)20/h2-6,9,14H,7-8,10-13H2,1H3,(H,22,25). The number of nitrogens with one attached hydrogen (secondary N) is 1. The van der Waals surface area contributed by atoms with Crippen molar-refractivity contribution in [3.8, 4) is 6.01 Å². The highest BCUT2D eigenvalue weighted by molar-refractivity contribution is 5.76. The van der Waals surface area contributed by atoms with Crippen LogP contribution in [0.15, 0.2) is 36.5 Å². The Balaban J connectivity index is 1.44. The molecule has 0 saturated carbocycles. The van der Waals surface area contributed by atoms with E-state index in [1.54, 1.807) is 31.5 Å². The number of carbonyl (C=O) groups is 1. The van der Waals surface area contributed by atoms with Crippen molar-refractivity contribution < 1.29 is 13.9 Å². The first kappa shape index (κ1) is 18.1. The zero-order chi connectivity index (χ0) is 18.4. The molecule has 1 N–H and O–H groups in total. The van der Waals surface area contributed by atoms with E-state index < -0.39 is 0 Å². The number of anilines is 1. The van der Waals surface area contributed by atoms with Gasteiger partial charge in [-0.05, 0) is 30.9 Å². The topological polar surface area (TPSA) is 67.3 Å². The summed E-state index contributed by atoms with van der Waals surface area (Å²) in [4.78, 5) is 22.7. The van der Waals surface area contributed by atoms with Crippen LogP contribution in [0, 0.1) is 11.7 Å². The van der Waals surface area contributed by atoms with E-state index in [4.69, 9.17) is 4.74 Å². The lowest BCUT2D eigenvalue weighted by Gasteiger charge is -2.32. The van der Waals surface area contributed by atoms with Gasteiger partial charge in [-0.1, -0.05) is 18.2 Å². The Bertz CT molecular complexity index is 748. The third-order valence-electron chi connectivity index (χ3n) is 4.65. The van der Waals surface area contributed by atoms with Gasteiger partial charge in [0.05, 0.1) is 7.11 Å². The summed E-state index contributed by atoms with van der Waals surface area (Å²) in [6.07, 6.45) is 3.98. The molecule has 26 heavy (non-hydrogen) atoms. The molecule has 2 heterocycles. The summed E-state index contributed by atoms with van der Waals surface area (Å²) in [6.45, 7) is 1.90. The van der Waals surface area contributed by atoms with Gasteiger partial charge in [-0.25, -0.2) is 9.37 Å². The summed E-state index contributed by atoms with van der Waals surface area (Å²) < 4.78 is 18.6. The number of nitrogens with zero attached hydrogens (tertiary/aromatic N) is 3. The van der Waals surface area contributed by atoms with E-state index in [2.05, 4.69) is 20.2 Å². The predicted molar refractivity (Wildman–Crippen MR) is 96.4 cm³/mol. The van der Waals surface area contributed by atoms with Crippen LogP contribution in [-0.4, -0.2) is 36.1 Å². The summed E-state index contributed by atoms with van der Waals surface area (Å²) in [5.74, 6) is 0.853. The van der Waals surface area contributed by atoms with Crippen molar-refractivity contribution >= 4 is 11.7 Å². The second-order valence-corrected chi connectivity index (χ2v) is 6.40. The molecular weight excluding hydrogens is 335 g/mol. The number of rotatable bonds is 6. The van der Waals surface area contributed by atoms with E-state index in [0.29, 0.717) is 23.9 Å². The van der Waals surface area contributed by atoms with Crippen LogP contribution in [0.5, 0.6) is 6.01 Å². The van der Waals surface area contributed by atoms with Gasteiger partial charge in [-0.2, -0.15) is 4.98 Å². The molecule has 1 saturated heterocycles. The van der Waals surface area contributed by atoms with Gasteiger partial charge in [0.2, 0.25) is 5.91 Å². The molecule has 6 nitrogen and oxygen atoms in total. The second kappa shape index (κ2) is 8.60. The van der Waals surface area contributed by atoms with E-state index in [1.165, 1.54) is 6.07 Å². The van der Waals surface area contributed by atoms with E-state index >= 15 is 0 Å². The van der Waals surface area contributed by atoms with Gasteiger partial charge in [0.15, 0.2) is 0 Å². The third kappa shape index (κ3) is 4.68. The minimum atomic E-state index is -0.290. The number of methoxy groups -OCH3 is 1. The average Bonchev–Trinajstić information content (AvgIpc) is 2.68. The highest BCUT2D eigenvalue weighted by Crippen LogP contribution is 2.24. The Morgan fingerprint density at radius 1 is 1.31 bits per heavy atom. The Labute approximate surface area is 152 Å². The number of ether oxygens (including phenoxy) is 1. The van der Waals surface area contributed by atoms with Gasteiger partial charge >= 0.3 is 6.01 Å². The van der Waals surface area contributed by atoms with Crippen LogP contribution in [0.25, 0.3) is 0 Å². The summed E-state index contributed by atoms with van der Waals surface area (Å²) >= 11 is 0. The lowest BCUT2D eigenvalue weighted by molar-refractivity contribution is -0.122. The van der Waals surface area contributed by atoms with Crippen LogP contribution >= 0.6 is 0 Å². The number of piperidine rings is 1. The van der Waals surface area contributed by atoms with Crippen molar-refractivity contribution in [2.24, 2.45) is 5.92 Å². The quantitative estimate of drug-likeness (QED) is 0.860. The molecule has 0 bridgehead atoms. The molecule has 0 aliphatic carbocycles. The smallest absolute Gasteiger partial charge is 0.318 e. The highest BCUT2D eigenvalue weighted by Gasteiger charge is 2.22. The van der Waals surface area contributed by atoms with Crippen LogP contribution in [0.4, 0.5) is 10.2 Å². The molecule has 1 aromatic heterocycles. The Morgan fingerprint density at radius 3 is 2.81 bits per heavy atom. The molecular formula is C19H23FN4O2. The lowest BCUT2D eigenvalue weighted by atomic mass is 9.93. The number of aromatic nitrogens is 2. The Hall–Kier alpha value is -2.70. The highest BCUT2D eigenvalue weighted by atomic mass is 19.1. The first-order valence-corrected chi connectivity index (χ1v) is 8.78. The largest absolute Gasteiger partial charge is 0.467 e. The molecule has 138 valence electrons. The zero-order valence-corrected chi connectivity index (χ0v) is 14.8. The van der Waals surface area contributed by atoms with Gasteiger partial charge in [0.25, 0.3) is 0 Å². The average molecular weight is 358 g/mol. The molecule has 3 rings (SSSR count). The Kier molecular flexibility index (Phi) is 5.99. The number of amides is 1. The van der Waals surface area contributed by atoms with E-state index in [9.17, 15) is 9.18 Å². The van der Waals surface area contributed by atoms with Crippen molar-refractivity contribution in [2.45, 2.75) is 25.8 Å². The first-order chi connectivity index (χ1) is 12.7. The van der Waals surface area contributed by atoms with Crippen molar-refractivity contribution in [3.63, 3.8) is 0 Å². The molecule has 7 heteroatoms. The molecule has 1 amide bonds. The summed E-state index contributed by atoms with van der Waals surface area (Å²) in [5, 5.41) is 2.82. The predicted octanol–water partition coefficient (Wildman–Crippen LogP) is 2.55. The maximum Gasteiger partial charge on any atom is 0.318 e. The van der Waals surface area contributed by atoms with Gasteiger partial charge in [0.1, 0.15) is 11.6 Å². The molecule has 1 aliphatic rings. The molecule has 0 unspecified atom stereocenters. The number of benzene rings is 1. The van der Waals surface area contributed by atoms with E-state index in [1.807, 2.05) is 6.07 Å². The third-order valence-corrected chi connectivity index (χ3v) is 4.65. The summed E-state index contributed by atoms with van der Waals surface area (Å²) in [7, 11) is 1.55. The second-order valence-electron chi connectivity index (χ2n) is 6.40. The number of halogens is 1. The fraction of sp³-hybridized carbons (Fsp3) is 0.421. The summed E-state index contributed by atoms with van der Waals surface area (Å²) in [6, 6.07) is 8.72. The molecule has 0 atom stereocenters. The lowest BCUT2D eigenvalue weighted by Crippen LogP contribution is -2.36. The fourth-order valence-corrected chi connectivity index (χ4v) is 3.14. The van der Waals surface area contributed by atoms with Crippen LogP contribution < -0.4 is 15.0 Å².